The summed E-state index contributed by atoms with van der Waals surface area (Å²) in [4.78, 5) is 18.2. The van der Waals surface area contributed by atoms with Gasteiger partial charge in [-0.25, -0.2) is 9.18 Å². The van der Waals surface area contributed by atoms with Crippen LogP contribution in [0.2, 0.25) is 0 Å². The fourth-order valence-electron chi connectivity index (χ4n) is 6.13. The first-order chi connectivity index (χ1) is 18.5. The third-order valence-electron chi connectivity index (χ3n) is 8.04. The molecular weight excluding hydrogens is 481 g/mol. The van der Waals surface area contributed by atoms with E-state index in [1.807, 2.05) is 24.3 Å². The lowest BCUT2D eigenvalue weighted by Crippen LogP contribution is -2.26. The molecule has 3 heterocycles. The zero-order chi connectivity index (χ0) is 26.2. The van der Waals surface area contributed by atoms with Crippen molar-refractivity contribution >= 4 is 16.9 Å². The van der Waals surface area contributed by atoms with Crippen LogP contribution in [-0.4, -0.2) is 45.3 Å². The highest BCUT2D eigenvalue weighted by atomic mass is 19.1. The molecular formula is C31H32FN3O3. The van der Waals surface area contributed by atoms with Gasteiger partial charge in [0.25, 0.3) is 0 Å². The molecule has 0 unspecified atom stereocenters. The van der Waals surface area contributed by atoms with Crippen molar-refractivity contribution < 1.29 is 19.0 Å². The van der Waals surface area contributed by atoms with Gasteiger partial charge in [0.1, 0.15) is 18.5 Å². The maximum Gasteiger partial charge on any atom is 0.335 e. The maximum absolute atomic E-state index is 15.5. The Kier molecular flexibility index (Phi) is 6.62. The Balaban J connectivity index is 1.52. The number of pyridine rings is 1. The number of aromatic carboxylic acids is 1. The summed E-state index contributed by atoms with van der Waals surface area (Å²) in [6.45, 7) is 2.69. The van der Waals surface area contributed by atoms with Crippen molar-refractivity contribution in [3.05, 3.63) is 83.2 Å². The summed E-state index contributed by atoms with van der Waals surface area (Å²) in [5.41, 5.74) is 6.41. The SMILES string of the molecule is CN1CCn2c(c([C@H]3CCCC[C@@H]3F)c3ccc(C(=O)O)cc32)-c2ccc(OCc3ccncc3)cc2C1. The Morgan fingerprint density at radius 2 is 1.89 bits per heavy atom. The van der Waals surface area contributed by atoms with Gasteiger partial charge in [0.05, 0.1) is 11.3 Å². The number of carboxylic acid groups (broad SMARTS) is 1. The summed E-state index contributed by atoms with van der Waals surface area (Å²) < 4.78 is 23.9. The van der Waals surface area contributed by atoms with Crippen molar-refractivity contribution in [3.8, 4) is 17.0 Å². The third-order valence-corrected chi connectivity index (χ3v) is 8.04. The molecule has 0 saturated heterocycles. The predicted molar refractivity (Wildman–Crippen MR) is 145 cm³/mol. The minimum absolute atomic E-state index is 0.203. The van der Waals surface area contributed by atoms with Gasteiger partial charge in [0, 0.05) is 54.4 Å². The Hall–Kier alpha value is -3.71. The van der Waals surface area contributed by atoms with Gasteiger partial charge in [-0.3, -0.25) is 4.98 Å². The minimum atomic E-state index is -0.954. The van der Waals surface area contributed by atoms with E-state index < -0.39 is 12.1 Å². The molecule has 2 aromatic heterocycles. The topological polar surface area (TPSA) is 67.6 Å². The molecule has 0 spiro atoms. The summed E-state index contributed by atoms with van der Waals surface area (Å²) in [7, 11) is 2.09. The number of ether oxygens (including phenoxy) is 1. The van der Waals surface area contributed by atoms with Crippen LogP contribution in [0.15, 0.2) is 60.9 Å². The predicted octanol–water partition coefficient (Wildman–Crippen LogP) is 6.42. The Morgan fingerprint density at radius 1 is 1.08 bits per heavy atom. The van der Waals surface area contributed by atoms with E-state index in [4.69, 9.17) is 4.74 Å². The van der Waals surface area contributed by atoms with E-state index in [9.17, 15) is 9.90 Å². The second-order valence-electron chi connectivity index (χ2n) is 10.6. The first-order valence-corrected chi connectivity index (χ1v) is 13.4. The van der Waals surface area contributed by atoms with Crippen molar-refractivity contribution in [1.29, 1.82) is 0 Å². The number of rotatable bonds is 5. The Morgan fingerprint density at radius 3 is 2.68 bits per heavy atom. The lowest BCUT2D eigenvalue weighted by atomic mass is 9.80. The first-order valence-electron chi connectivity index (χ1n) is 13.4. The second-order valence-corrected chi connectivity index (χ2v) is 10.6. The number of alkyl halides is 1. The minimum Gasteiger partial charge on any atom is -0.489 e. The lowest BCUT2D eigenvalue weighted by molar-refractivity contribution is 0.0697. The Labute approximate surface area is 221 Å². The van der Waals surface area contributed by atoms with E-state index in [1.165, 1.54) is 0 Å². The van der Waals surface area contributed by atoms with Crippen LogP contribution in [0.1, 0.15) is 58.6 Å². The second kappa shape index (κ2) is 10.2. The maximum atomic E-state index is 15.5. The van der Waals surface area contributed by atoms with E-state index in [0.717, 1.165) is 77.0 Å². The summed E-state index contributed by atoms with van der Waals surface area (Å²) >= 11 is 0. The van der Waals surface area contributed by atoms with Crippen molar-refractivity contribution in [1.82, 2.24) is 14.5 Å². The smallest absolute Gasteiger partial charge is 0.335 e. The van der Waals surface area contributed by atoms with Crippen molar-refractivity contribution in [3.63, 3.8) is 0 Å². The largest absolute Gasteiger partial charge is 0.489 e. The van der Waals surface area contributed by atoms with E-state index in [-0.39, 0.29) is 11.5 Å². The van der Waals surface area contributed by atoms with Gasteiger partial charge in [-0.15, -0.1) is 0 Å². The average molecular weight is 514 g/mol. The van der Waals surface area contributed by atoms with Crippen LogP contribution < -0.4 is 4.74 Å². The molecule has 4 aromatic rings. The summed E-state index contributed by atoms with van der Waals surface area (Å²) in [6.07, 6.45) is 5.90. The van der Waals surface area contributed by atoms with Crippen LogP contribution in [0, 0.1) is 0 Å². The highest BCUT2D eigenvalue weighted by Crippen LogP contribution is 2.47. The number of carboxylic acids is 1. The van der Waals surface area contributed by atoms with Gasteiger partial charge >= 0.3 is 5.97 Å². The number of hydrogen-bond acceptors (Lipinski definition) is 4. The number of halogens is 1. The van der Waals surface area contributed by atoms with Crippen LogP contribution in [0.5, 0.6) is 5.75 Å². The number of benzene rings is 2. The van der Waals surface area contributed by atoms with E-state index in [0.29, 0.717) is 19.6 Å². The molecule has 38 heavy (non-hydrogen) atoms. The molecule has 0 amide bonds. The number of carbonyl (C=O) groups is 1. The zero-order valence-electron chi connectivity index (χ0n) is 21.6. The zero-order valence-corrected chi connectivity index (χ0v) is 21.6. The molecule has 196 valence electrons. The molecule has 1 N–H and O–H groups in total. The van der Waals surface area contributed by atoms with Gasteiger partial charge in [0.15, 0.2) is 0 Å². The summed E-state index contributed by atoms with van der Waals surface area (Å²) in [5, 5.41) is 10.7. The number of aromatic nitrogens is 2. The molecule has 2 aromatic carbocycles. The van der Waals surface area contributed by atoms with Gasteiger partial charge in [-0.1, -0.05) is 18.9 Å². The molecule has 1 aliphatic carbocycles. The van der Waals surface area contributed by atoms with Crippen molar-refractivity contribution in [2.75, 3.05) is 13.6 Å². The Bertz CT molecular complexity index is 1480. The quantitative estimate of drug-likeness (QED) is 0.334. The first kappa shape index (κ1) is 24.6. The van der Waals surface area contributed by atoms with E-state index in [1.54, 1.807) is 24.5 Å². The van der Waals surface area contributed by atoms with Gasteiger partial charge < -0.3 is 19.3 Å². The van der Waals surface area contributed by atoms with E-state index >= 15 is 4.39 Å². The third kappa shape index (κ3) is 4.56. The molecule has 2 atom stereocenters. The van der Waals surface area contributed by atoms with Crippen LogP contribution in [0.3, 0.4) is 0 Å². The lowest BCUT2D eigenvalue weighted by Gasteiger charge is -2.29. The molecule has 2 aliphatic rings. The van der Waals surface area contributed by atoms with Crippen molar-refractivity contribution in [2.24, 2.45) is 0 Å². The van der Waals surface area contributed by atoms with Crippen LogP contribution >= 0.6 is 0 Å². The highest BCUT2D eigenvalue weighted by Gasteiger charge is 2.34. The fraction of sp³-hybridized carbons (Fsp3) is 0.355. The normalized spacial score (nSPS) is 19.8. The standard InChI is InChI=1S/C31H32FN3O3/c1-34-14-15-35-28-17-21(31(36)37)6-8-26(28)29(25-4-2-3-5-27(25)32)30(35)24-9-7-23(16-22(24)18-34)38-19-20-10-12-33-13-11-20/h6-13,16-17,25,27H,2-5,14-15,18-19H2,1H3,(H,36,37)/t25-,27-/m0/s1. The molecule has 0 radical (unpaired) electrons. The average Bonchev–Trinajstić information content (AvgIpc) is 3.23. The molecule has 1 fully saturated rings. The number of fused-ring (bicyclic) bond motifs is 5. The van der Waals surface area contributed by atoms with Crippen LogP contribution in [-0.2, 0) is 19.7 Å². The number of likely N-dealkylation sites (N-methyl/N-ethyl adjacent to an activating group) is 1. The molecule has 1 saturated carbocycles. The molecule has 6 nitrogen and oxygen atoms in total. The van der Waals surface area contributed by atoms with Gasteiger partial charge in [-0.05, 0) is 79.0 Å². The van der Waals surface area contributed by atoms with Gasteiger partial charge in [0.2, 0.25) is 0 Å². The summed E-state index contributed by atoms with van der Waals surface area (Å²) in [5.74, 6) is -0.372. The molecule has 1 aliphatic heterocycles. The molecule has 6 rings (SSSR count). The number of nitrogens with zero attached hydrogens (tertiary/aromatic N) is 3. The van der Waals surface area contributed by atoms with Crippen molar-refractivity contribution in [2.45, 2.75) is 57.5 Å². The number of hydrogen-bond donors (Lipinski definition) is 1. The monoisotopic (exact) mass is 513 g/mol. The van der Waals surface area contributed by atoms with Crippen LogP contribution in [0.4, 0.5) is 4.39 Å². The van der Waals surface area contributed by atoms with Crippen LogP contribution in [0.25, 0.3) is 22.2 Å². The van der Waals surface area contributed by atoms with E-state index in [2.05, 4.69) is 33.6 Å². The fourth-order valence-corrected chi connectivity index (χ4v) is 6.13. The molecule has 0 bridgehead atoms. The van der Waals surface area contributed by atoms with Gasteiger partial charge in [-0.2, -0.15) is 0 Å². The highest BCUT2D eigenvalue weighted by molar-refractivity contribution is 5.98. The summed E-state index contributed by atoms with van der Waals surface area (Å²) in [6, 6.07) is 15.4. The molecule has 7 heteroatoms.